The number of fused-ring (bicyclic) bond motifs is 1. The number of amides is 2. The number of aryl methyl sites for hydroxylation is 1. The molecule has 0 unspecified atom stereocenters. The third kappa shape index (κ3) is 3.94. The average Bonchev–Trinajstić information content (AvgIpc) is 3.10. The number of ether oxygens (including phenoxy) is 1. The van der Waals surface area contributed by atoms with Crippen LogP contribution >= 0.6 is 11.3 Å². The highest BCUT2D eigenvalue weighted by Gasteiger charge is 2.22. The van der Waals surface area contributed by atoms with Gasteiger partial charge in [0.2, 0.25) is 5.91 Å². The van der Waals surface area contributed by atoms with Crippen LogP contribution in [-0.2, 0) is 22.4 Å². The predicted octanol–water partition coefficient (Wildman–Crippen LogP) is 2.39. The molecule has 0 radical (unpaired) electrons. The van der Waals surface area contributed by atoms with Crippen LogP contribution in [0, 0.1) is 0 Å². The third-order valence-corrected chi connectivity index (χ3v) is 4.96. The van der Waals surface area contributed by atoms with Crippen molar-refractivity contribution >= 4 is 28.8 Å². The van der Waals surface area contributed by atoms with E-state index in [1.807, 2.05) is 35.7 Å². The number of thiophene rings is 1. The number of benzene rings is 1. The minimum atomic E-state index is -0.0541. The molecule has 2 aromatic rings. The van der Waals surface area contributed by atoms with Crippen LogP contribution in [0.2, 0.25) is 0 Å². The Bertz CT molecular complexity index is 728. The molecule has 0 saturated heterocycles. The predicted molar refractivity (Wildman–Crippen MR) is 94.7 cm³/mol. The van der Waals surface area contributed by atoms with Gasteiger partial charge in [-0.1, -0.05) is 12.1 Å². The normalized spacial score (nSPS) is 13.4. The number of likely N-dealkylation sites (N-methyl/N-ethyl adjacent to an activating group) is 1. The number of carbonyl (C=O) groups is 2. The number of nitrogens with one attached hydrogen (secondary N) is 1. The zero-order chi connectivity index (χ0) is 16.9. The summed E-state index contributed by atoms with van der Waals surface area (Å²) in [5, 5.41) is 4.97. The van der Waals surface area contributed by atoms with E-state index in [2.05, 4.69) is 5.32 Å². The van der Waals surface area contributed by atoms with Gasteiger partial charge in [-0.3, -0.25) is 9.59 Å². The smallest absolute Gasteiger partial charge is 0.264 e. The Hall–Kier alpha value is -2.34. The number of anilines is 1. The second-order valence-corrected chi connectivity index (χ2v) is 6.76. The molecule has 24 heavy (non-hydrogen) atoms. The fourth-order valence-corrected chi connectivity index (χ4v) is 3.31. The molecule has 0 saturated carbocycles. The molecule has 2 heterocycles. The van der Waals surface area contributed by atoms with E-state index < -0.39 is 0 Å². The van der Waals surface area contributed by atoms with Gasteiger partial charge in [0, 0.05) is 24.9 Å². The molecular weight excluding hydrogens is 324 g/mol. The van der Waals surface area contributed by atoms with Gasteiger partial charge in [0.05, 0.1) is 5.69 Å². The van der Waals surface area contributed by atoms with Crippen LogP contribution in [0.1, 0.15) is 16.9 Å². The van der Waals surface area contributed by atoms with Crippen LogP contribution in [0.3, 0.4) is 0 Å². The Kier molecular flexibility index (Phi) is 5.15. The number of rotatable bonds is 6. The minimum absolute atomic E-state index is 0.0541. The van der Waals surface area contributed by atoms with Crippen molar-refractivity contribution in [3.8, 4) is 5.75 Å². The number of carbonyl (C=O) groups excluding carboxylic acids is 2. The van der Waals surface area contributed by atoms with Crippen molar-refractivity contribution in [2.45, 2.75) is 19.3 Å². The summed E-state index contributed by atoms with van der Waals surface area (Å²) in [4.78, 5) is 26.4. The Balaban J connectivity index is 1.48. The van der Waals surface area contributed by atoms with E-state index in [9.17, 15) is 9.59 Å². The van der Waals surface area contributed by atoms with Crippen LogP contribution in [-0.4, -0.2) is 32.0 Å². The first-order valence-electron chi connectivity index (χ1n) is 7.95. The first kappa shape index (κ1) is 16.5. The Morgan fingerprint density at radius 2 is 2.21 bits per heavy atom. The van der Waals surface area contributed by atoms with Crippen LogP contribution < -0.4 is 15.0 Å². The lowest BCUT2D eigenvalue weighted by atomic mass is 10.1. The molecule has 0 fully saturated rings. The van der Waals surface area contributed by atoms with Crippen molar-refractivity contribution in [1.82, 2.24) is 5.32 Å². The monoisotopic (exact) mass is 344 g/mol. The summed E-state index contributed by atoms with van der Waals surface area (Å²) >= 11 is 1.68. The highest BCUT2D eigenvalue weighted by molar-refractivity contribution is 7.09. The molecule has 1 N–H and O–H groups in total. The molecule has 1 aliphatic heterocycles. The lowest BCUT2D eigenvalue weighted by Crippen LogP contribution is -2.35. The maximum Gasteiger partial charge on any atom is 0.264 e. The summed E-state index contributed by atoms with van der Waals surface area (Å²) in [6.07, 6.45) is 2.02. The molecule has 1 aromatic carbocycles. The van der Waals surface area contributed by atoms with Gasteiger partial charge in [0.25, 0.3) is 5.91 Å². The highest BCUT2D eigenvalue weighted by atomic mass is 32.1. The standard InChI is InChI=1S/C18H20N2O3S/c1-20-15-11-13(4-6-16(15)23-12-18(20)22)8-9-19-17(21)7-5-14-3-2-10-24-14/h2-4,6,10-11H,5,7-9,12H2,1H3,(H,19,21). The van der Waals surface area contributed by atoms with E-state index in [0.29, 0.717) is 13.0 Å². The zero-order valence-corrected chi connectivity index (χ0v) is 14.4. The van der Waals surface area contributed by atoms with Crippen molar-refractivity contribution in [3.05, 3.63) is 46.2 Å². The molecule has 5 nitrogen and oxygen atoms in total. The molecule has 0 aliphatic carbocycles. The Labute approximate surface area is 145 Å². The molecule has 1 aromatic heterocycles. The third-order valence-electron chi connectivity index (χ3n) is 4.02. The molecule has 0 atom stereocenters. The van der Waals surface area contributed by atoms with Crippen molar-refractivity contribution in [1.29, 1.82) is 0 Å². The number of hydrogen-bond donors (Lipinski definition) is 1. The van der Waals surface area contributed by atoms with Gasteiger partial charge in [-0.15, -0.1) is 11.3 Å². The first-order chi connectivity index (χ1) is 11.6. The fourth-order valence-electron chi connectivity index (χ4n) is 2.60. The van der Waals surface area contributed by atoms with E-state index in [4.69, 9.17) is 4.74 Å². The van der Waals surface area contributed by atoms with Gasteiger partial charge in [-0.05, 0) is 42.0 Å². The van der Waals surface area contributed by atoms with Crippen molar-refractivity contribution < 1.29 is 14.3 Å². The highest BCUT2D eigenvalue weighted by Crippen LogP contribution is 2.31. The second-order valence-electron chi connectivity index (χ2n) is 5.72. The van der Waals surface area contributed by atoms with Gasteiger partial charge in [-0.2, -0.15) is 0 Å². The molecule has 6 heteroatoms. The maximum atomic E-state index is 11.9. The van der Waals surface area contributed by atoms with Crippen LogP contribution in [0.25, 0.3) is 0 Å². The van der Waals surface area contributed by atoms with Gasteiger partial charge in [0.15, 0.2) is 6.61 Å². The van der Waals surface area contributed by atoms with Crippen LogP contribution in [0.5, 0.6) is 5.75 Å². The number of hydrogen-bond acceptors (Lipinski definition) is 4. The van der Waals surface area contributed by atoms with Gasteiger partial charge >= 0.3 is 0 Å². The van der Waals surface area contributed by atoms with E-state index in [-0.39, 0.29) is 18.4 Å². The summed E-state index contributed by atoms with van der Waals surface area (Å²) in [7, 11) is 1.75. The first-order valence-corrected chi connectivity index (χ1v) is 8.83. The molecular formula is C18H20N2O3S. The van der Waals surface area contributed by atoms with E-state index >= 15 is 0 Å². The SMILES string of the molecule is CN1C(=O)COc2ccc(CCNC(=O)CCc3cccs3)cc21. The molecule has 3 rings (SSSR count). The summed E-state index contributed by atoms with van der Waals surface area (Å²) in [5.74, 6) is 0.736. The molecule has 2 amide bonds. The second kappa shape index (κ2) is 7.49. The summed E-state index contributed by atoms with van der Waals surface area (Å²) in [5.41, 5.74) is 1.85. The molecule has 0 spiro atoms. The average molecular weight is 344 g/mol. The summed E-state index contributed by atoms with van der Waals surface area (Å²) in [6, 6.07) is 9.85. The fraction of sp³-hybridized carbons (Fsp3) is 0.333. The van der Waals surface area contributed by atoms with Crippen molar-refractivity contribution in [3.63, 3.8) is 0 Å². The van der Waals surface area contributed by atoms with E-state index in [1.54, 1.807) is 23.3 Å². The zero-order valence-electron chi connectivity index (χ0n) is 13.6. The lowest BCUT2D eigenvalue weighted by Gasteiger charge is -2.26. The largest absolute Gasteiger partial charge is 0.482 e. The Morgan fingerprint density at radius 3 is 3.00 bits per heavy atom. The van der Waals surface area contributed by atoms with Crippen LogP contribution in [0.15, 0.2) is 35.7 Å². The minimum Gasteiger partial charge on any atom is -0.482 e. The van der Waals surface area contributed by atoms with Crippen LogP contribution in [0.4, 0.5) is 5.69 Å². The van der Waals surface area contributed by atoms with Crippen molar-refractivity contribution in [2.24, 2.45) is 0 Å². The van der Waals surface area contributed by atoms with Crippen molar-refractivity contribution in [2.75, 3.05) is 25.1 Å². The molecule has 126 valence electrons. The molecule has 1 aliphatic rings. The van der Waals surface area contributed by atoms with Gasteiger partial charge < -0.3 is 15.0 Å². The quantitative estimate of drug-likeness (QED) is 0.875. The Morgan fingerprint density at radius 1 is 1.33 bits per heavy atom. The summed E-state index contributed by atoms with van der Waals surface area (Å²) in [6.45, 7) is 0.670. The van der Waals surface area contributed by atoms with E-state index in [0.717, 1.165) is 29.8 Å². The topological polar surface area (TPSA) is 58.6 Å². The number of nitrogens with zero attached hydrogens (tertiary/aromatic N) is 1. The van der Waals surface area contributed by atoms with E-state index in [1.165, 1.54) is 4.88 Å². The van der Waals surface area contributed by atoms with Gasteiger partial charge in [0.1, 0.15) is 5.75 Å². The summed E-state index contributed by atoms with van der Waals surface area (Å²) < 4.78 is 5.41. The lowest BCUT2D eigenvalue weighted by molar-refractivity contribution is -0.121. The maximum absolute atomic E-state index is 11.9. The molecule has 0 bridgehead atoms. The van der Waals surface area contributed by atoms with Gasteiger partial charge in [-0.25, -0.2) is 0 Å².